The molecule has 0 saturated carbocycles. The molecular weight excluding hydrogens is 317 g/mol. The second-order valence-corrected chi connectivity index (χ2v) is 6.47. The van der Waals surface area contributed by atoms with Crippen LogP contribution in [0.15, 0.2) is 36.4 Å². The van der Waals surface area contributed by atoms with Crippen LogP contribution >= 0.6 is 11.3 Å². The summed E-state index contributed by atoms with van der Waals surface area (Å²) < 4.78 is 17.7. The molecule has 0 aliphatic rings. The van der Waals surface area contributed by atoms with Gasteiger partial charge in [0.05, 0.1) is 12.0 Å². The Morgan fingerprint density at radius 3 is 2.35 bits per heavy atom. The number of carbonyl (C=O) groups excluding carboxylic acids is 2. The molecule has 122 valence electrons. The lowest BCUT2D eigenvalue weighted by Crippen LogP contribution is -2.44. The van der Waals surface area contributed by atoms with E-state index in [-0.39, 0.29) is 17.6 Å². The van der Waals surface area contributed by atoms with E-state index in [0.29, 0.717) is 4.88 Å². The largest absolute Gasteiger partial charge is 0.467 e. The van der Waals surface area contributed by atoms with Crippen LogP contribution in [0.5, 0.6) is 0 Å². The van der Waals surface area contributed by atoms with Crippen molar-refractivity contribution in [2.75, 3.05) is 7.11 Å². The fourth-order valence-electron chi connectivity index (χ4n) is 2.07. The molecule has 1 aromatic heterocycles. The number of thiophene rings is 1. The van der Waals surface area contributed by atoms with E-state index < -0.39 is 12.0 Å². The average molecular weight is 335 g/mol. The monoisotopic (exact) mass is 335 g/mol. The number of hydrogen-bond donors (Lipinski definition) is 1. The van der Waals surface area contributed by atoms with Crippen LogP contribution in [0.25, 0.3) is 10.4 Å². The van der Waals surface area contributed by atoms with Crippen LogP contribution in [0.4, 0.5) is 4.39 Å². The molecule has 1 aromatic carbocycles. The van der Waals surface area contributed by atoms with Gasteiger partial charge in [0.25, 0.3) is 5.91 Å². The third-order valence-electron chi connectivity index (χ3n) is 3.37. The Balaban J connectivity index is 2.14. The molecule has 4 nitrogen and oxygen atoms in total. The van der Waals surface area contributed by atoms with Crippen molar-refractivity contribution in [1.29, 1.82) is 0 Å². The summed E-state index contributed by atoms with van der Waals surface area (Å²) in [7, 11) is 1.29. The number of rotatable bonds is 5. The zero-order chi connectivity index (χ0) is 17.0. The lowest BCUT2D eigenvalue weighted by atomic mass is 10.0. The van der Waals surface area contributed by atoms with Crippen LogP contribution in [0.2, 0.25) is 0 Å². The molecular formula is C17H18FNO3S. The van der Waals surface area contributed by atoms with Crippen molar-refractivity contribution in [3.63, 3.8) is 0 Å². The first kappa shape index (κ1) is 17.1. The molecule has 0 saturated heterocycles. The Kier molecular flexibility index (Phi) is 5.50. The van der Waals surface area contributed by atoms with Crippen LogP contribution in [-0.4, -0.2) is 25.0 Å². The highest BCUT2D eigenvalue weighted by molar-refractivity contribution is 7.17. The number of nitrogens with one attached hydrogen (secondary N) is 1. The molecule has 1 amide bonds. The summed E-state index contributed by atoms with van der Waals surface area (Å²) in [4.78, 5) is 25.4. The van der Waals surface area contributed by atoms with Gasteiger partial charge >= 0.3 is 5.97 Å². The van der Waals surface area contributed by atoms with Crippen molar-refractivity contribution in [2.45, 2.75) is 19.9 Å². The number of hydrogen-bond acceptors (Lipinski definition) is 4. The Morgan fingerprint density at radius 1 is 1.13 bits per heavy atom. The normalized spacial score (nSPS) is 12.0. The van der Waals surface area contributed by atoms with Gasteiger partial charge in [-0.3, -0.25) is 4.79 Å². The molecule has 1 heterocycles. The van der Waals surface area contributed by atoms with Crippen molar-refractivity contribution < 1.29 is 18.7 Å². The van der Waals surface area contributed by atoms with E-state index in [4.69, 9.17) is 4.74 Å². The average Bonchev–Trinajstić information content (AvgIpc) is 3.02. The van der Waals surface area contributed by atoms with E-state index in [9.17, 15) is 14.0 Å². The van der Waals surface area contributed by atoms with Crippen molar-refractivity contribution in [1.82, 2.24) is 5.32 Å². The predicted molar refractivity (Wildman–Crippen MR) is 87.8 cm³/mol. The van der Waals surface area contributed by atoms with Gasteiger partial charge in [-0.1, -0.05) is 26.0 Å². The Hall–Kier alpha value is -2.21. The molecule has 2 rings (SSSR count). The van der Waals surface area contributed by atoms with Crippen LogP contribution < -0.4 is 5.32 Å². The van der Waals surface area contributed by atoms with E-state index in [1.54, 1.807) is 24.3 Å². The molecule has 6 heteroatoms. The van der Waals surface area contributed by atoms with Crippen molar-refractivity contribution >= 4 is 23.2 Å². The molecule has 1 atom stereocenters. The third-order valence-corrected chi connectivity index (χ3v) is 4.50. The highest BCUT2D eigenvalue weighted by Crippen LogP contribution is 2.28. The molecule has 23 heavy (non-hydrogen) atoms. The van der Waals surface area contributed by atoms with Gasteiger partial charge < -0.3 is 10.1 Å². The minimum absolute atomic E-state index is 0.0806. The van der Waals surface area contributed by atoms with E-state index >= 15 is 0 Å². The van der Waals surface area contributed by atoms with Gasteiger partial charge in [-0.05, 0) is 35.7 Å². The van der Waals surface area contributed by atoms with Gasteiger partial charge in [0.1, 0.15) is 11.9 Å². The van der Waals surface area contributed by atoms with Crippen LogP contribution in [-0.2, 0) is 9.53 Å². The summed E-state index contributed by atoms with van der Waals surface area (Å²) in [6.45, 7) is 3.67. The summed E-state index contributed by atoms with van der Waals surface area (Å²) in [6.07, 6.45) is 0. The lowest BCUT2D eigenvalue weighted by Gasteiger charge is -2.19. The molecule has 1 unspecified atom stereocenters. The van der Waals surface area contributed by atoms with Crippen LogP contribution in [0.3, 0.4) is 0 Å². The molecule has 0 spiro atoms. The maximum Gasteiger partial charge on any atom is 0.328 e. The quantitative estimate of drug-likeness (QED) is 0.851. The number of amides is 1. The fourth-order valence-corrected chi connectivity index (χ4v) is 2.98. The highest BCUT2D eigenvalue weighted by atomic mass is 32.1. The molecule has 0 fully saturated rings. The zero-order valence-corrected chi connectivity index (χ0v) is 13.9. The number of halogens is 1. The molecule has 0 radical (unpaired) electrons. The van der Waals surface area contributed by atoms with Crippen LogP contribution in [0, 0.1) is 11.7 Å². The van der Waals surface area contributed by atoms with Crippen molar-refractivity contribution in [2.24, 2.45) is 5.92 Å². The molecule has 0 bridgehead atoms. The predicted octanol–water partition coefficient (Wildman–Crippen LogP) is 3.48. The number of ether oxygens (including phenoxy) is 1. The Morgan fingerprint density at radius 2 is 1.78 bits per heavy atom. The second kappa shape index (κ2) is 7.37. The van der Waals surface area contributed by atoms with Gasteiger partial charge in [0, 0.05) is 4.88 Å². The smallest absolute Gasteiger partial charge is 0.328 e. The first-order valence-electron chi connectivity index (χ1n) is 7.17. The van der Waals surface area contributed by atoms with Gasteiger partial charge in [-0.2, -0.15) is 0 Å². The SMILES string of the molecule is COC(=O)C(NC(=O)c1ccc(-c2ccc(F)cc2)s1)C(C)C. The van der Waals surface area contributed by atoms with E-state index in [1.165, 1.54) is 30.6 Å². The zero-order valence-electron chi connectivity index (χ0n) is 13.1. The highest BCUT2D eigenvalue weighted by Gasteiger charge is 2.25. The number of esters is 1. The summed E-state index contributed by atoms with van der Waals surface area (Å²) in [5, 5.41) is 2.69. The maximum atomic E-state index is 13.0. The number of methoxy groups -OCH3 is 1. The van der Waals surface area contributed by atoms with Crippen LogP contribution in [0.1, 0.15) is 23.5 Å². The van der Waals surface area contributed by atoms with Gasteiger partial charge in [0.2, 0.25) is 0 Å². The summed E-state index contributed by atoms with van der Waals surface area (Å²) in [5.41, 5.74) is 0.837. The molecule has 0 aliphatic heterocycles. The second-order valence-electron chi connectivity index (χ2n) is 5.39. The van der Waals surface area contributed by atoms with Gasteiger partial charge in [-0.15, -0.1) is 11.3 Å². The lowest BCUT2D eigenvalue weighted by molar-refractivity contribution is -0.144. The number of benzene rings is 1. The molecule has 0 aliphatic carbocycles. The van der Waals surface area contributed by atoms with Crippen molar-refractivity contribution in [3.05, 3.63) is 47.1 Å². The number of carbonyl (C=O) groups is 2. The first-order chi connectivity index (χ1) is 10.9. The van der Waals surface area contributed by atoms with Gasteiger partial charge in [0.15, 0.2) is 0 Å². The first-order valence-corrected chi connectivity index (χ1v) is 7.98. The summed E-state index contributed by atoms with van der Waals surface area (Å²) in [5.74, 6) is -1.18. The Labute approximate surface area is 138 Å². The third kappa shape index (κ3) is 4.16. The standard InChI is InChI=1S/C17H18FNO3S/c1-10(2)15(17(21)22-3)19-16(20)14-9-8-13(23-14)11-4-6-12(18)7-5-11/h4-10,15H,1-3H3,(H,19,20). The van der Waals surface area contributed by atoms with E-state index in [0.717, 1.165) is 10.4 Å². The minimum Gasteiger partial charge on any atom is -0.467 e. The summed E-state index contributed by atoms with van der Waals surface area (Å²) >= 11 is 1.29. The van der Waals surface area contributed by atoms with E-state index in [1.807, 2.05) is 13.8 Å². The fraction of sp³-hybridized carbons (Fsp3) is 0.294. The molecule has 1 N–H and O–H groups in total. The minimum atomic E-state index is -0.691. The topological polar surface area (TPSA) is 55.4 Å². The van der Waals surface area contributed by atoms with E-state index in [2.05, 4.69) is 5.32 Å². The maximum absolute atomic E-state index is 13.0. The summed E-state index contributed by atoms with van der Waals surface area (Å²) in [6, 6.07) is 8.87. The van der Waals surface area contributed by atoms with Crippen molar-refractivity contribution in [3.8, 4) is 10.4 Å². The molecule has 2 aromatic rings. The Bertz CT molecular complexity index is 694. The van der Waals surface area contributed by atoms with Gasteiger partial charge in [-0.25, -0.2) is 9.18 Å².